The molecule has 6 heteroatoms. The lowest BCUT2D eigenvalue weighted by molar-refractivity contribution is -0.189. The molecule has 160 valence electrons. The number of unbranched alkanes of at least 4 members (excludes halogenated alkanes) is 2. The molecule has 0 fully saturated rings. The van der Waals surface area contributed by atoms with Gasteiger partial charge in [-0.15, -0.1) is 0 Å². The molecule has 3 aromatic rings. The van der Waals surface area contributed by atoms with Crippen LogP contribution in [0.5, 0.6) is 5.75 Å². The molecule has 2 nitrogen and oxygen atoms in total. The molecule has 0 unspecified atom stereocenters. The van der Waals surface area contributed by atoms with E-state index in [0.717, 1.165) is 55.5 Å². The van der Waals surface area contributed by atoms with Crippen molar-refractivity contribution >= 4 is 0 Å². The van der Waals surface area contributed by atoms with E-state index >= 15 is 0 Å². The number of nitrogens with zero attached hydrogens (tertiary/aromatic N) is 1. The molecule has 0 amide bonds. The molecule has 0 aliphatic heterocycles. The number of nitriles is 1. The average Bonchev–Trinajstić information content (AvgIpc) is 2.74. The van der Waals surface area contributed by atoms with Crippen molar-refractivity contribution in [2.24, 2.45) is 0 Å². The fourth-order valence-electron chi connectivity index (χ4n) is 3.26. The summed E-state index contributed by atoms with van der Waals surface area (Å²) in [6.07, 6.45) is -0.0261. The van der Waals surface area contributed by atoms with E-state index in [1.54, 1.807) is 12.1 Å². The summed E-state index contributed by atoms with van der Waals surface area (Å²) in [6.45, 7) is 2.12. The molecule has 0 spiro atoms. The van der Waals surface area contributed by atoms with Crippen LogP contribution in [-0.4, -0.2) is 0 Å². The summed E-state index contributed by atoms with van der Waals surface area (Å²) in [4.78, 5) is 0. The van der Waals surface area contributed by atoms with Gasteiger partial charge in [-0.05, 0) is 65.9 Å². The SMILES string of the molecule is CCCCCc1ccc(-c2cc(F)c(C(F)(F)Oc3ccc(C#N)cc3)c(F)c2)cc1. The highest BCUT2D eigenvalue weighted by Gasteiger charge is 2.41. The van der Waals surface area contributed by atoms with Crippen molar-refractivity contribution in [3.8, 4) is 22.9 Å². The predicted molar refractivity (Wildman–Crippen MR) is 111 cm³/mol. The minimum atomic E-state index is -4.23. The fourth-order valence-corrected chi connectivity index (χ4v) is 3.26. The zero-order valence-corrected chi connectivity index (χ0v) is 17.0. The summed E-state index contributed by atoms with van der Waals surface area (Å²) in [7, 11) is 0. The Hall–Kier alpha value is -3.33. The van der Waals surface area contributed by atoms with Gasteiger partial charge in [0.15, 0.2) is 0 Å². The lowest BCUT2D eigenvalue weighted by Crippen LogP contribution is -2.25. The summed E-state index contributed by atoms with van der Waals surface area (Å²) in [5, 5.41) is 8.76. The highest BCUT2D eigenvalue weighted by atomic mass is 19.3. The molecule has 3 rings (SSSR count). The highest BCUT2D eigenvalue weighted by Crippen LogP contribution is 2.37. The Morgan fingerprint density at radius 2 is 1.48 bits per heavy atom. The Morgan fingerprint density at radius 3 is 2.03 bits per heavy atom. The maximum absolute atomic E-state index is 14.6. The Morgan fingerprint density at radius 1 is 0.871 bits per heavy atom. The van der Waals surface area contributed by atoms with E-state index in [0.29, 0.717) is 5.56 Å². The first-order chi connectivity index (χ1) is 14.8. The van der Waals surface area contributed by atoms with Crippen LogP contribution in [-0.2, 0) is 12.5 Å². The van der Waals surface area contributed by atoms with E-state index in [-0.39, 0.29) is 16.9 Å². The molecular weight excluding hydrogens is 406 g/mol. The Balaban J connectivity index is 1.83. The normalized spacial score (nSPS) is 11.2. The van der Waals surface area contributed by atoms with Gasteiger partial charge in [-0.3, -0.25) is 0 Å². The molecule has 3 aromatic carbocycles. The van der Waals surface area contributed by atoms with Gasteiger partial charge in [-0.1, -0.05) is 44.0 Å². The number of halogens is 4. The smallest absolute Gasteiger partial charge is 0.429 e. The first-order valence-electron chi connectivity index (χ1n) is 10.00. The second-order valence-corrected chi connectivity index (χ2v) is 7.22. The standard InChI is InChI=1S/C25H21F4NO/c1-2-3-4-5-17-6-10-19(11-7-17)20-14-22(26)24(23(27)15-20)25(28,29)31-21-12-8-18(16-30)9-13-21/h6-15H,2-5H2,1H3. The minimum Gasteiger partial charge on any atom is -0.429 e. The van der Waals surface area contributed by atoms with Gasteiger partial charge < -0.3 is 4.74 Å². The number of rotatable bonds is 8. The fraction of sp³-hybridized carbons (Fsp3) is 0.240. The highest BCUT2D eigenvalue weighted by molar-refractivity contribution is 5.64. The summed E-state index contributed by atoms with van der Waals surface area (Å²) in [6, 6.07) is 15.6. The van der Waals surface area contributed by atoms with Crippen molar-refractivity contribution in [2.75, 3.05) is 0 Å². The van der Waals surface area contributed by atoms with Crippen LogP contribution in [0.25, 0.3) is 11.1 Å². The zero-order valence-electron chi connectivity index (χ0n) is 17.0. The van der Waals surface area contributed by atoms with Crippen LogP contribution < -0.4 is 4.74 Å². The molecule has 0 aromatic heterocycles. The third-order valence-corrected chi connectivity index (χ3v) is 4.92. The maximum Gasteiger partial charge on any atom is 0.432 e. The van der Waals surface area contributed by atoms with Crippen LogP contribution >= 0.6 is 0 Å². The van der Waals surface area contributed by atoms with Crippen molar-refractivity contribution in [3.63, 3.8) is 0 Å². The second kappa shape index (κ2) is 9.65. The van der Waals surface area contributed by atoms with E-state index in [1.807, 2.05) is 18.2 Å². The number of benzene rings is 3. The van der Waals surface area contributed by atoms with E-state index in [1.165, 1.54) is 12.1 Å². The molecule has 0 heterocycles. The van der Waals surface area contributed by atoms with E-state index in [4.69, 9.17) is 5.26 Å². The Kier molecular flexibility index (Phi) is 6.96. The summed E-state index contributed by atoms with van der Waals surface area (Å²) in [5.41, 5.74) is 0.579. The van der Waals surface area contributed by atoms with Crippen LogP contribution in [0, 0.1) is 23.0 Å². The molecule has 0 N–H and O–H groups in total. The second-order valence-electron chi connectivity index (χ2n) is 7.22. The van der Waals surface area contributed by atoms with Crippen LogP contribution in [0.1, 0.15) is 42.9 Å². The maximum atomic E-state index is 14.6. The molecule has 0 saturated heterocycles. The predicted octanol–water partition coefficient (Wildman–Crippen LogP) is 7.36. The van der Waals surface area contributed by atoms with E-state index in [9.17, 15) is 17.6 Å². The molecule has 0 aliphatic rings. The van der Waals surface area contributed by atoms with E-state index < -0.39 is 23.3 Å². The van der Waals surface area contributed by atoms with Crippen molar-refractivity contribution < 1.29 is 22.3 Å². The first-order valence-corrected chi connectivity index (χ1v) is 10.00. The third-order valence-electron chi connectivity index (χ3n) is 4.92. The number of hydrogen-bond acceptors (Lipinski definition) is 2. The van der Waals surface area contributed by atoms with Gasteiger partial charge in [-0.25, -0.2) is 8.78 Å². The van der Waals surface area contributed by atoms with Crippen molar-refractivity contribution in [3.05, 3.63) is 89.0 Å². The van der Waals surface area contributed by atoms with Gasteiger partial charge in [0.2, 0.25) is 0 Å². The minimum absolute atomic E-state index is 0.160. The molecule has 0 saturated carbocycles. The van der Waals surface area contributed by atoms with Gasteiger partial charge in [0, 0.05) is 0 Å². The monoisotopic (exact) mass is 427 g/mol. The quantitative estimate of drug-likeness (QED) is 0.278. The van der Waals surface area contributed by atoms with Crippen LogP contribution in [0.2, 0.25) is 0 Å². The zero-order chi connectivity index (χ0) is 22.4. The summed E-state index contributed by atoms with van der Waals surface area (Å²) >= 11 is 0. The van der Waals surface area contributed by atoms with Gasteiger partial charge in [-0.2, -0.15) is 14.0 Å². The third kappa shape index (κ3) is 5.43. The summed E-state index contributed by atoms with van der Waals surface area (Å²) in [5.74, 6) is -3.12. The van der Waals surface area contributed by atoms with Crippen LogP contribution in [0.3, 0.4) is 0 Å². The number of aryl methyl sites for hydroxylation is 1. The van der Waals surface area contributed by atoms with Gasteiger partial charge in [0.25, 0.3) is 0 Å². The van der Waals surface area contributed by atoms with Gasteiger partial charge in [0.1, 0.15) is 22.9 Å². The van der Waals surface area contributed by atoms with Gasteiger partial charge >= 0.3 is 6.11 Å². The lowest BCUT2D eigenvalue weighted by Gasteiger charge is -2.20. The number of hydrogen-bond donors (Lipinski definition) is 0. The van der Waals surface area contributed by atoms with Crippen molar-refractivity contribution in [1.82, 2.24) is 0 Å². The van der Waals surface area contributed by atoms with Crippen molar-refractivity contribution in [1.29, 1.82) is 5.26 Å². The Labute approximate surface area is 178 Å². The first kappa shape index (κ1) is 22.4. The number of ether oxygens (including phenoxy) is 1. The molecular formula is C25H21F4NO. The molecule has 0 bridgehead atoms. The molecule has 0 aliphatic carbocycles. The molecule has 31 heavy (non-hydrogen) atoms. The molecule has 0 atom stereocenters. The topological polar surface area (TPSA) is 33.0 Å². The van der Waals surface area contributed by atoms with Gasteiger partial charge in [0.05, 0.1) is 11.6 Å². The lowest BCUT2D eigenvalue weighted by atomic mass is 9.99. The van der Waals surface area contributed by atoms with Crippen LogP contribution in [0.4, 0.5) is 17.6 Å². The summed E-state index contributed by atoms with van der Waals surface area (Å²) < 4.78 is 62.7. The van der Waals surface area contributed by atoms with E-state index in [2.05, 4.69) is 11.7 Å². The van der Waals surface area contributed by atoms with Crippen molar-refractivity contribution in [2.45, 2.75) is 38.7 Å². The largest absolute Gasteiger partial charge is 0.432 e. The Bertz CT molecular complexity index is 1050. The van der Waals surface area contributed by atoms with Crippen LogP contribution in [0.15, 0.2) is 60.7 Å². The molecule has 0 radical (unpaired) electrons. The average molecular weight is 427 g/mol. The number of alkyl halides is 2.